The lowest BCUT2D eigenvalue weighted by atomic mass is 10.0. The van der Waals surface area contributed by atoms with Crippen molar-refractivity contribution in [1.29, 1.82) is 0 Å². The summed E-state index contributed by atoms with van der Waals surface area (Å²) in [6, 6.07) is 4.70. The number of hydrogen-bond donors (Lipinski definition) is 3. The molecule has 1 aliphatic rings. The Morgan fingerprint density at radius 1 is 1.26 bits per heavy atom. The summed E-state index contributed by atoms with van der Waals surface area (Å²) in [6.45, 7) is 0. The molecular formula is C13H9F3N4O3. The largest absolute Gasteiger partial charge is 0.508 e. The zero-order valence-electron chi connectivity index (χ0n) is 11.2. The highest BCUT2D eigenvalue weighted by atomic mass is 19.4. The van der Waals surface area contributed by atoms with Crippen LogP contribution in [-0.2, 0) is 11.0 Å². The predicted molar refractivity (Wildman–Crippen MR) is 70.6 cm³/mol. The molecule has 2 aromatic rings. The number of nitrogens with one attached hydrogen (secondary N) is 1. The first kappa shape index (κ1) is 14.9. The van der Waals surface area contributed by atoms with Crippen molar-refractivity contribution in [2.24, 2.45) is 0 Å². The van der Waals surface area contributed by atoms with Gasteiger partial charge in [-0.3, -0.25) is 0 Å². The lowest BCUT2D eigenvalue weighted by molar-refractivity contribution is -0.145. The first-order chi connectivity index (χ1) is 10.8. The highest BCUT2D eigenvalue weighted by molar-refractivity contribution is 5.90. The van der Waals surface area contributed by atoms with E-state index < -0.39 is 24.0 Å². The number of carboxylic acids is 1. The number of halogens is 3. The number of alkyl halides is 3. The summed E-state index contributed by atoms with van der Waals surface area (Å²) in [4.78, 5) is 14.5. The van der Waals surface area contributed by atoms with Gasteiger partial charge in [-0.1, -0.05) is 12.1 Å². The van der Waals surface area contributed by atoms with E-state index in [4.69, 9.17) is 5.11 Å². The molecule has 1 aliphatic heterocycles. The van der Waals surface area contributed by atoms with E-state index in [-0.39, 0.29) is 17.4 Å². The van der Waals surface area contributed by atoms with Crippen molar-refractivity contribution in [1.82, 2.24) is 14.8 Å². The van der Waals surface area contributed by atoms with Crippen LogP contribution in [0.5, 0.6) is 5.75 Å². The number of phenols is 1. The van der Waals surface area contributed by atoms with Gasteiger partial charge in [0.1, 0.15) is 17.5 Å². The Bertz CT molecular complexity index is 796. The number of aliphatic carboxylic acids is 1. The van der Waals surface area contributed by atoms with E-state index in [1.54, 1.807) is 0 Å². The van der Waals surface area contributed by atoms with Crippen molar-refractivity contribution in [2.75, 3.05) is 5.32 Å². The smallest absolute Gasteiger partial charge is 0.453 e. The number of rotatable bonds is 2. The Hall–Kier alpha value is -3.04. The van der Waals surface area contributed by atoms with Gasteiger partial charge in [-0.25, -0.2) is 9.48 Å². The molecule has 1 atom stereocenters. The van der Waals surface area contributed by atoms with Gasteiger partial charge in [-0.05, 0) is 23.8 Å². The van der Waals surface area contributed by atoms with E-state index in [2.05, 4.69) is 15.4 Å². The zero-order chi connectivity index (χ0) is 16.8. The number of allylic oxidation sites excluding steroid dienone is 1. The van der Waals surface area contributed by atoms with E-state index >= 15 is 0 Å². The summed E-state index contributed by atoms with van der Waals surface area (Å²) in [5.41, 5.74) is 0.139. The first-order valence-electron chi connectivity index (χ1n) is 6.30. The molecule has 23 heavy (non-hydrogen) atoms. The maximum absolute atomic E-state index is 12.8. The Morgan fingerprint density at radius 3 is 2.48 bits per heavy atom. The molecule has 0 amide bonds. The SMILES string of the molecule is O=C(O)C1=CC(c2ccc(O)cc2)n2nc(C(F)(F)F)nc2N1. The van der Waals surface area contributed by atoms with Crippen LogP contribution < -0.4 is 5.32 Å². The average Bonchev–Trinajstić information content (AvgIpc) is 2.91. The molecule has 0 radical (unpaired) electrons. The minimum atomic E-state index is -4.76. The van der Waals surface area contributed by atoms with Crippen LogP contribution in [0.4, 0.5) is 19.1 Å². The molecule has 2 heterocycles. The fourth-order valence-electron chi connectivity index (χ4n) is 2.15. The van der Waals surface area contributed by atoms with E-state index in [9.17, 15) is 23.1 Å². The lowest BCUT2D eigenvalue weighted by Gasteiger charge is -2.22. The van der Waals surface area contributed by atoms with Crippen LogP contribution in [0.1, 0.15) is 17.4 Å². The number of carboxylic acid groups (broad SMARTS) is 1. The summed E-state index contributed by atoms with van der Waals surface area (Å²) in [5.74, 6) is -3.06. The third kappa shape index (κ3) is 2.70. The molecule has 1 aromatic heterocycles. The monoisotopic (exact) mass is 326 g/mol. The second-order valence-corrected chi connectivity index (χ2v) is 4.75. The van der Waals surface area contributed by atoms with E-state index in [1.165, 1.54) is 30.3 Å². The third-order valence-corrected chi connectivity index (χ3v) is 3.18. The Kier molecular flexibility index (Phi) is 3.24. The topological polar surface area (TPSA) is 100 Å². The number of aromatic hydroxyl groups is 1. The quantitative estimate of drug-likeness (QED) is 0.780. The van der Waals surface area contributed by atoms with Crippen molar-refractivity contribution in [3.8, 4) is 5.75 Å². The van der Waals surface area contributed by atoms with Crippen LogP contribution in [0.3, 0.4) is 0 Å². The summed E-state index contributed by atoms with van der Waals surface area (Å²) in [5, 5.41) is 24.1. The minimum Gasteiger partial charge on any atom is -0.508 e. The van der Waals surface area contributed by atoms with Crippen LogP contribution in [0.15, 0.2) is 36.0 Å². The summed E-state index contributed by atoms with van der Waals surface area (Å²) < 4.78 is 39.3. The number of fused-ring (bicyclic) bond motifs is 1. The van der Waals surface area contributed by atoms with Gasteiger partial charge in [-0.2, -0.15) is 18.2 Å². The molecule has 0 bridgehead atoms. The molecule has 7 nitrogen and oxygen atoms in total. The summed E-state index contributed by atoms with van der Waals surface area (Å²) >= 11 is 0. The van der Waals surface area contributed by atoms with Gasteiger partial charge in [0.15, 0.2) is 0 Å². The molecule has 0 aliphatic carbocycles. The van der Waals surface area contributed by atoms with Crippen LogP contribution in [0, 0.1) is 0 Å². The minimum absolute atomic E-state index is 0.0279. The molecule has 0 saturated carbocycles. The molecule has 0 spiro atoms. The highest BCUT2D eigenvalue weighted by Gasteiger charge is 2.39. The number of carbonyl (C=O) groups is 1. The maximum Gasteiger partial charge on any atom is 0.453 e. The van der Waals surface area contributed by atoms with Crippen molar-refractivity contribution in [3.05, 3.63) is 47.4 Å². The first-order valence-corrected chi connectivity index (χ1v) is 6.30. The van der Waals surface area contributed by atoms with E-state index in [0.717, 1.165) is 4.68 Å². The molecule has 0 saturated heterocycles. The molecule has 10 heteroatoms. The summed E-state index contributed by atoms with van der Waals surface area (Å²) in [7, 11) is 0. The van der Waals surface area contributed by atoms with Gasteiger partial charge < -0.3 is 15.5 Å². The Labute approximate surface area is 126 Å². The van der Waals surface area contributed by atoms with Gasteiger partial charge >= 0.3 is 12.1 Å². The van der Waals surface area contributed by atoms with Crippen molar-refractivity contribution >= 4 is 11.9 Å². The van der Waals surface area contributed by atoms with Crippen LogP contribution in [0.25, 0.3) is 0 Å². The molecule has 120 valence electrons. The highest BCUT2D eigenvalue weighted by Crippen LogP contribution is 2.33. The number of benzene rings is 1. The van der Waals surface area contributed by atoms with Crippen LogP contribution >= 0.6 is 0 Å². The lowest BCUT2D eigenvalue weighted by Crippen LogP contribution is -2.24. The predicted octanol–water partition coefficient (Wildman–Crippen LogP) is 1.99. The average molecular weight is 326 g/mol. The molecule has 3 N–H and O–H groups in total. The van der Waals surface area contributed by atoms with Crippen molar-refractivity contribution in [2.45, 2.75) is 12.2 Å². The van der Waals surface area contributed by atoms with Gasteiger partial charge in [0.2, 0.25) is 5.95 Å². The van der Waals surface area contributed by atoms with Gasteiger partial charge in [0, 0.05) is 0 Å². The number of nitrogens with zero attached hydrogens (tertiary/aromatic N) is 3. The van der Waals surface area contributed by atoms with Gasteiger partial charge in [0.25, 0.3) is 5.82 Å². The molecule has 1 aromatic carbocycles. The normalized spacial score (nSPS) is 17.2. The zero-order valence-corrected chi connectivity index (χ0v) is 11.2. The van der Waals surface area contributed by atoms with Gasteiger partial charge in [-0.15, -0.1) is 5.10 Å². The molecule has 3 rings (SSSR count). The molecule has 0 fully saturated rings. The molecular weight excluding hydrogens is 317 g/mol. The third-order valence-electron chi connectivity index (χ3n) is 3.18. The van der Waals surface area contributed by atoms with Crippen molar-refractivity contribution in [3.63, 3.8) is 0 Å². The second-order valence-electron chi connectivity index (χ2n) is 4.75. The van der Waals surface area contributed by atoms with E-state index in [0.29, 0.717) is 5.56 Å². The van der Waals surface area contributed by atoms with Crippen molar-refractivity contribution < 1.29 is 28.2 Å². The van der Waals surface area contributed by atoms with Gasteiger partial charge in [0.05, 0.1) is 0 Å². The Morgan fingerprint density at radius 2 is 1.91 bits per heavy atom. The maximum atomic E-state index is 12.8. The Balaban J connectivity index is 2.12. The number of phenolic OH excluding ortho intramolecular Hbond substituents is 1. The fourth-order valence-corrected chi connectivity index (χ4v) is 2.15. The van der Waals surface area contributed by atoms with E-state index in [1.807, 2.05) is 0 Å². The molecule has 1 unspecified atom stereocenters. The second kappa shape index (κ2) is 5.00. The van der Waals surface area contributed by atoms with Crippen LogP contribution in [0.2, 0.25) is 0 Å². The van der Waals surface area contributed by atoms with Crippen LogP contribution in [-0.4, -0.2) is 30.9 Å². The fraction of sp³-hybridized carbons (Fsp3) is 0.154. The number of anilines is 1. The summed E-state index contributed by atoms with van der Waals surface area (Å²) in [6.07, 6.45) is -3.54. The number of aromatic nitrogens is 3. The number of hydrogen-bond acceptors (Lipinski definition) is 5. The standard InChI is InChI=1S/C13H9F3N4O3/c14-13(15,16)11-18-12-17-8(10(22)23)5-9(20(12)19-11)6-1-3-7(21)4-2-6/h1-5,9,21H,(H,22,23)(H,17,18,19).